The van der Waals surface area contributed by atoms with Crippen molar-refractivity contribution in [2.75, 3.05) is 6.54 Å². The fraction of sp³-hybridized carbons (Fsp3) is 0.538. The monoisotopic (exact) mass is 290 g/mol. The fourth-order valence-corrected chi connectivity index (χ4v) is 2.39. The lowest BCUT2D eigenvalue weighted by Gasteiger charge is -2.12. The van der Waals surface area contributed by atoms with Gasteiger partial charge in [0, 0.05) is 18.4 Å². The predicted octanol–water partition coefficient (Wildman–Crippen LogP) is 0.509. The third-order valence-electron chi connectivity index (χ3n) is 3.40. The molecule has 2 aromatic rings. The Morgan fingerprint density at radius 3 is 3.29 bits per heavy atom. The molecule has 8 heteroatoms. The van der Waals surface area contributed by atoms with Gasteiger partial charge >= 0.3 is 0 Å². The van der Waals surface area contributed by atoms with Gasteiger partial charge in [-0.05, 0) is 32.4 Å². The minimum absolute atomic E-state index is 0.0700. The summed E-state index contributed by atoms with van der Waals surface area (Å²) in [4.78, 5) is 16.2. The highest BCUT2D eigenvalue weighted by atomic mass is 16.5. The maximum atomic E-state index is 12.1. The van der Waals surface area contributed by atoms with Crippen LogP contribution < -0.4 is 10.6 Å². The second-order valence-corrected chi connectivity index (χ2v) is 5.21. The van der Waals surface area contributed by atoms with Crippen LogP contribution in [0.15, 0.2) is 23.0 Å². The van der Waals surface area contributed by atoms with E-state index in [0.717, 1.165) is 19.4 Å². The molecule has 1 saturated heterocycles. The maximum absolute atomic E-state index is 12.1. The van der Waals surface area contributed by atoms with Crippen LogP contribution in [-0.2, 0) is 6.54 Å². The molecule has 1 fully saturated rings. The van der Waals surface area contributed by atoms with Crippen LogP contribution in [0.1, 0.15) is 42.3 Å². The van der Waals surface area contributed by atoms with Crippen LogP contribution in [0.2, 0.25) is 0 Å². The lowest BCUT2D eigenvalue weighted by molar-refractivity contribution is 0.0922. The first-order chi connectivity index (χ1) is 10.2. The van der Waals surface area contributed by atoms with Crippen LogP contribution in [0.25, 0.3) is 0 Å². The Labute approximate surface area is 121 Å². The molecule has 21 heavy (non-hydrogen) atoms. The number of hydrogen-bond donors (Lipinski definition) is 2. The molecule has 1 amide bonds. The highest BCUT2D eigenvalue weighted by Gasteiger charge is 2.24. The molecule has 0 saturated carbocycles. The van der Waals surface area contributed by atoms with Crippen molar-refractivity contribution in [1.82, 2.24) is 30.6 Å². The Kier molecular flexibility index (Phi) is 3.96. The summed E-state index contributed by atoms with van der Waals surface area (Å²) in [5, 5.41) is 13.9. The molecule has 8 nitrogen and oxygen atoms in total. The van der Waals surface area contributed by atoms with E-state index in [1.165, 1.54) is 0 Å². The molecule has 1 aliphatic rings. The lowest BCUT2D eigenvalue weighted by Crippen LogP contribution is -2.36. The first-order valence-electron chi connectivity index (χ1n) is 7.07. The molecule has 2 aromatic heterocycles. The quantitative estimate of drug-likeness (QED) is 0.832. The Morgan fingerprint density at radius 2 is 2.57 bits per heavy atom. The van der Waals surface area contributed by atoms with E-state index in [4.69, 9.17) is 4.52 Å². The molecule has 2 N–H and O–H groups in total. The number of hydrogen-bond acceptors (Lipinski definition) is 6. The van der Waals surface area contributed by atoms with Crippen molar-refractivity contribution in [2.24, 2.45) is 0 Å². The Hall–Kier alpha value is -2.22. The molecule has 112 valence electrons. The molecule has 2 unspecified atom stereocenters. The molecule has 0 radical (unpaired) electrons. The topological polar surface area (TPSA) is 97.9 Å². The zero-order valence-electron chi connectivity index (χ0n) is 11.8. The molecule has 1 aliphatic heterocycles. The average Bonchev–Trinajstić information content (AvgIpc) is 3.20. The first kappa shape index (κ1) is 13.7. The van der Waals surface area contributed by atoms with Crippen molar-refractivity contribution in [3.8, 4) is 0 Å². The normalized spacial score (nSPS) is 19.6. The number of amides is 1. The average molecular weight is 290 g/mol. The molecule has 0 spiro atoms. The summed E-state index contributed by atoms with van der Waals surface area (Å²) in [7, 11) is 0. The standard InChI is InChI=1S/C13H18N6O2/c1-9(8-19-7-3-6-15-19)16-12(20)11-17-13(21-18-11)10-4-2-5-14-10/h3,6-7,9-10,14H,2,4-5,8H2,1H3,(H,16,20). The third-order valence-corrected chi connectivity index (χ3v) is 3.40. The first-order valence-corrected chi connectivity index (χ1v) is 7.07. The predicted molar refractivity (Wildman–Crippen MR) is 73.4 cm³/mol. The van der Waals surface area contributed by atoms with Gasteiger partial charge in [0.1, 0.15) is 0 Å². The van der Waals surface area contributed by atoms with Gasteiger partial charge in [0.2, 0.25) is 5.89 Å². The Balaban J connectivity index is 1.57. The van der Waals surface area contributed by atoms with Gasteiger partial charge < -0.3 is 15.2 Å². The number of nitrogens with zero attached hydrogens (tertiary/aromatic N) is 4. The van der Waals surface area contributed by atoms with Gasteiger partial charge in [0.05, 0.1) is 12.6 Å². The molecule has 0 bridgehead atoms. The summed E-state index contributed by atoms with van der Waals surface area (Å²) in [5.41, 5.74) is 0. The van der Waals surface area contributed by atoms with Gasteiger partial charge in [0.15, 0.2) is 0 Å². The third kappa shape index (κ3) is 3.27. The van der Waals surface area contributed by atoms with Crippen LogP contribution in [-0.4, -0.2) is 38.4 Å². The molecule has 0 aromatic carbocycles. The lowest BCUT2D eigenvalue weighted by atomic mass is 10.2. The summed E-state index contributed by atoms with van der Waals surface area (Å²) < 4.78 is 6.91. The van der Waals surface area contributed by atoms with Crippen LogP contribution >= 0.6 is 0 Å². The van der Waals surface area contributed by atoms with E-state index < -0.39 is 0 Å². The molecular formula is C13H18N6O2. The Bertz CT molecular complexity index is 588. The van der Waals surface area contributed by atoms with E-state index in [-0.39, 0.29) is 23.8 Å². The molecule has 3 heterocycles. The number of carbonyl (C=O) groups is 1. The van der Waals surface area contributed by atoms with E-state index in [0.29, 0.717) is 12.4 Å². The number of aromatic nitrogens is 4. The molecule has 2 atom stereocenters. The summed E-state index contributed by atoms with van der Waals surface area (Å²) >= 11 is 0. The van der Waals surface area contributed by atoms with Crippen molar-refractivity contribution in [1.29, 1.82) is 0 Å². The number of nitrogens with one attached hydrogen (secondary N) is 2. The SMILES string of the molecule is CC(Cn1cccn1)NC(=O)c1noc(C2CCCN2)n1. The minimum atomic E-state index is -0.331. The molecule has 0 aliphatic carbocycles. The van der Waals surface area contributed by atoms with Crippen LogP contribution in [0.4, 0.5) is 0 Å². The van der Waals surface area contributed by atoms with Gasteiger partial charge in [-0.15, -0.1) is 0 Å². The highest BCUT2D eigenvalue weighted by molar-refractivity contribution is 5.90. The van der Waals surface area contributed by atoms with E-state index in [1.807, 2.05) is 19.2 Å². The van der Waals surface area contributed by atoms with Gasteiger partial charge in [-0.2, -0.15) is 10.1 Å². The van der Waals surface area contributed by atoms with Crippen LogP contribution in [0.3, 0.4) is 0 Å². The zero-order valence-corrected chi connectivity index (χ0v) is 11.8. The van der Waals surface area contributed by atoms with Crippen molar-refractivity contribution in [3.05, 3.63) is 30.2 Å². The van der Waals surface area contributed by atoms with Gasteiger partial charge in [0.25, 0.3) is 11.7 Å². The zero-order chi connectivity index (χ0) is 14.7. The summed E-state index contributed by atoms with van der Waals surface area (Å²) in [6.07, 6.45) is 5.59. The van der Waals surface area contributed by atoms with Crippen LogP contribution in [0.5, 0.6) is 0 Å². The van der Waals surface area contributed by atoms with Crippen molar-refractivity contribution in [2.45, 2.75) is 38.4 Å². The van der Waals surface area contributed by atoms with Gasteiger partial charge in [-0.3, -0.25) is 9.48 Å². The van der Waals surface area contributed by atoms with Crippen LogP contribution in [0, 0.1) is 0 Å². The van der Waals surface area contributed by atoms with Crippen molar-refractivity contribution >= 4 is 5.91 Å². The summed E-state index contributed by atoms with van der Waals surface area (Å²) in [5.74, 6) is 0.228. The Morgan fingerprint density at radius 1 is 1.67 bits per heavy atom. The molecule has 3 rings (SSSR count). The van der Waals surface area contributed by atoms with E-state index >= 15 is 0 Å². The van der Waals surface area contributed by atoms with E-state index in [2.05, 4.69) is 25.9 Å². The summed E-state index contributed by atoms with van der Waals surface area (Å²) in [6, 6.07) is 1.83. The van der Waals surface area contributed by atoms with E-state index in [9.17, 15) is 4.79 Å². The minimum Gasteiger partial charge on any atom is -0.345 e. The largest absolute Gasteiger partial charge is 0.345 e. The highest BCUT2D eigenvalue weighted by Crippen LogP contribution is 2.20. The summed E-state index contributed by atoms with van der Waals surface area (Å²) in [6.45, 7) is 3.43. The maximum Gasteiger partial charge on any atom is 0.292 e. The van der Waals surface area contributed by atoms with Gasteiger partial charge in [-0.1, -0.05) is 5.16 Å². The second kappa shape index (κ2) is 6.04. The van der Waals surface area contributed by atoms with Crippen molar-refractivity contribution < 1.29 is 9.32 Å². The van der Waals surface area contributed by atoms with Crippen molar-refractivity contribution in [3.63, 3.8) is 0 Å². The second-order valence-electron chi connectivity index (χ2n) is 5.21. The smallest absolute Gasteiger partial charge is 0.292 e. The number of rotatable bonds is 5. The van der Waals surface area contributed by atoms with E-state index in [1.54, 1.807) is 10.9 Å². The molecular weight excluding hydrogens is 272 g/mol. The number of carbonyl (C=O) groups excluding carboxylic acids is 1. The fourth-order valence-electron chi connectivity index (χ4n) is 2.39. The van der Waals surface area contributed by atoms with Gasteiger partial charge in [-0.25, -0.2) is 0 Å².